The second-order valence-corrected chi connectivity index (χ2v) is 7.60. The maximum atomic E-state index is 12.1. The van der Waals surface area contributed by atoms with Gasteiger partial charge in [0.15, 0.2) is 0 Å². The van der Waals surface area contributed by atoms with Crippen LogP contribution in [0.4, 0.5) is 0 Å². The van der Waals surface area contributed by atoms with E-state index in [-0.39, 0.29) is 11.8 Å². The number of nitrogens with zero attached hydrogens (tertiary/aromatic N) is 3. The van der Waals surface area contributed by atoms with Gasteiger partial charge in [0, 0.05) is 32.5 Å². The van der Waals surface area contributed by atoms with E-state index in [9.17, 15) is 4.79 Å². The SMILES string of the molecule is Cc1cc(C)c(Cn2c(C3CC(=O)N(C)C3)nc3ccccc32)c(C)c1. The van der Waals surface area contributed by atoms with Gasteiger partial charge in [0.25, 0.3) is 0 Å². The number of likely N-dealkylation sites (N-methyl/N-ethyl adjacent to an activating group) is 1. The molecule has 1 amide bonds. The topological polar surface area (TPSA) is 38.1 Å². The summed E-state index contributed by atoms with van der Waals surface area (Å²) in [7, 11) is 1.88. The molecule has 4 nitrogen and oxygen atoms in total. The average Bonchev–Trinajstić information content (AvgIpc) is 3.11. The number of carbonyl (C=O) groups is 1. The summed E-state index contributed by atoms with van der Waals surface area (Å²) in [4.78, 5) is 18.8. The molecule has 2 heterocycles. The summed E-state index contributed by atoms with van der Waals surface area (Å²) >= 11 is 0. The summed E-state index contributed by atoms with van der Waals surface area (Å²) in [6.07, 6.45) is 0.547. The molecule has 1 aromatic heterocycles. The van der Waals surface area contributed by atoms with E-state index >= 15 is 0 Å². The molecule has 2 aromatic carbocycles. The molecule has 0 N–H and O–H groups in total. The molecule has 0 saturated carbocycles. The Morgan fingerprint density at radius 3 is 2.46 bits per heavy atom. The van der Waals surface area contributed by atoms with Gasteiger partial charge in [-0.2, -0.15) is 0 Å². The van der Waals surface area contributed by atoms with Crippen LogP contribution in [0, 0.1) is 20.8 Å². The van der Waals surface area contributed by atoms with Crippen molar-refractivity contribution in [2.24, 2.45) is 0 Å². The highest BCUT2D eigenvalue weighted by Gasteiger charge is 2.32. The standard InChI is InChI=1S/C22H25N3O/c1-14-9-15(2)18(16(3)10-14)13-25-20-8-6-5-7-19(20)23-22(25)17-11-21(26)24(4)12-17/h5-10,17H,11-13H2,1-4H3. The number of para-hydroxylation sites is 2. The van der Waals surface area contributed by atoms with E-state index in [1.807, 2.05) is 18.0 Å². The van der Waals surface area contributed by atoms with E-state index < -0.39 is 0 Å². The number of amides is 1. The molecule has 4 heteroatoms. The van der Waals surface area contributed by atoms with Crippen LogP contribution >= 0.6 is 0 Å². The molecule has 1 aliphatic rings. The van der Waals surface area contributed by atoms with Gasteiger partial charge in [-0.05, 0) is 49.6 Å². The quantitative estimate of drug-likeness (QED) is 0.719. The Morgan fingerprint density at radius 2 is 1.81 bits per heavy atom. The molecular formula is C22H25N3O. The minimum absolute atomic E-state index is 0.158. The number of hydrogen-bond acceptors (Lipinski definition) is 2. The van der Waals surface area contributed by atoms with Crippen LogP contribution in [0.1, 0.15) is 40.4 Å². The Balaban J connectivity index is 1.84. The number of aromatic nitrogens is 2. The number of benzene rings is 2. The van der Waals surface area contributed by atoms with E-state index in [0.29, 0.717) is 6.42 Å². The number of hydrogen-bond donors (Lipinski definition) is 0. The van der Waals surface area contributed by atoms with Gasteiger partial charge in [-0.1, -0.05) is 29.8 Å². The maximum absolute atomic E-state index is 12.1. The zero-order valence-corrected chi connectivity index (χ0v) is 15.9. The summed E-state index contributed by atoms with van der Waals surface area (Å²) in [6, 6.07) is 12.8. The summed E-state index contributed by atoms with van der Waals surface area (Å²) in [5.74, 6) is 1.39. The molecule has 26 heavy (non-hydrogen) atoms. The van der Waals surface area contributed by atoms with Crippen molar-refractivity contribution in [3.8, 4) is 0 Å². The molecule has 0 bridgehead atoms. The highest BCUT2D eigenvalue weighted by atomic mass is 16.2. The van der Waals surface area contributed by atoms with Crippen molar-refractivity contribution in [2.45, 2.75) is 39.7 Å². The smallest absolute Gasteiger partial charge is 0.223 e. The maximum Gasteiger partial charge on any atom is 0.223 e. The number of rotatable bonds is 3. The predicted molar refractivity (Wildman–Crippen MR) is 104 cm³/mol. The molecule has 0 aliphatic carbocycles. The molecular weight excluding hydrogens is 322 g/mol. The van der Waals surface area contributed by atoms with Crippen molar-refractivity contribution >= 4 is 16.9 Å². The Labute approximate surface area is 154 Å². The van der Waals surface area contributed by atoms with Crippen LogP contribution in [0.2, 0.25) is 0 Å². The number of aryl methyl sites for hydroxylation is 3. The van der Waals surface area contributed by atoms with Gasteiger partial charge in [-0.25, -0.2) is 4.98 Å². The lowest BCUT2D eigenvalue weighted by molar-refractivity contribution is -0.126. The second-order valence-electron chi connectivity index (χ2n) is 7.60. The molecule has 1 fully saturated rings. The third-order valence-corrected chi connectivity index (χ3v) is 5.55. The number of fused-ring (bicyclic) bond motifs is 1. The van der Waals surface area contributed by atoms with Crippen molar-refractivity contribution in [1.29, 1.82) is 0 Å². The zero-order chi connectivity index (χ0) is 18.4. The predicted octanol–water partition coefficient (Wildman–Crippen LogP) is 3.96. The largest absolute Gasteiger partial charge is 0.345 e. The van der Waals surface area contributed by atoms with Gasteiger partial charge in [0.2, 0.25) is 5.91 Å². The van der Waals surface area contributed by atoms with E-state index in [4.69, 9.17) is 4.98 Å². The lowest BCUT2D eigenvalue weighted by Gasteiger charge is -2.17. The van der Waals surface area contributed by atoms with Crippen LogP contribution in [0.25, 0.3) is 11.0 Å². The fraction of sp³-hybridized carbons (Fsp3) is 0.364. The van der Waals surface area contributed by atoms with Crippen LogP contribution in [-0.4, -0.2) is 34.0 Å². The van der Waals surface area contributed by atoms with E-state index in [1.165, 1.54) is 22.3 Å². The molecule has 1 aliphatic heterocycles. The van der Waals surface area contributed by atoms with Crippen LogP contribution in [0.5, 0.6) is 0 Å². The summed E-state index contributed by atoms with van der Waals surface area (Å²) < 4.78 is 2.32. The van der Waals surface area contributed by atoms with Crippen LogP contribution in [-0.2, 0) is 11.3 Å². The van der Waals surface area contributed by atoms with Gasteiger partial charge in [-0.3, -0.25) is 4.79 Å². The van der Waals surface area contributed by atoms with Crippen molar-refractivity contribution in [3.05, 3.63) is 64.5 Å². The average molecular weight is 347 g/mol. The fourth-order valence-corrected chi connectivity index (χ4v) is 4.23. The molecule has 0 spiro atoms. The molecule has 4 rings (SSSR count). The lowest BCUT2D eigenvalue weighted by atomic mass is 9.99. The summed E-state index contributed by atoms with van der Waals surface area (Å²) in [6.45, 7) is 8.04. The minimum Gasteiger partial charge on any atom is -0.345 e. The minimum atomic E-state index is 0.158. The van der Waals surface area contributed by atoms with E-state index in [0.717, 1.165) is 29.9 Å². The molecule has 1 unspecified atom stereocenters. The highest BCUT2D eigenvalue weighted by Crippen LogP contribution is 2.31. The normalized spacial score (nSPS) is 17.5. The highest BCUT2D eigenvalue weighted by molar-refractivity contribution is 5.80. The van der Waals surface area contributed by atoms with Gasteiger partial charge in [-0.15, -0.1) is 0 Å². The first-order valence-electron chi connectivity index (χ1n) is 9.20. The van der Waals surface area contributed by atoms with Gasteiger partial charge < -0.3 is 9.47 Å². The molecule has 3 aromatic rings. The third-order valence-electron chi connectivity index (χ3n) is 5.55. The molecule has 1 saturated heterocycles. The second kappa shape index (κ2) is 6.27. The first-order chi connectivity index (χ1) is 12.4. The summed E-state index contributed by atoms with van der Waals surface area (Å²) in [5, 5.41) is 0. The number of carbonyl (C=O) groups excluding carboxylic acids is 1. The zero-order valence-electron chi connectivity index (χ0n) is 15.9. The Kier molecular flexibility index (Phi) is 4.06. The van der Waals surface area contributed by atoms with Gasteiger partial charge in [0.05, 0.1) is 11.0 Å². The third kappa shape index (κ3) is 2.79. The first-order valence-corrected chi connectivity index (χ1v) is 9.20. The van der Waals surface area contributed by atoms with Crippen LogP contribution < -0.4 is 0 Å². The molecule has 1 atom stereocenters. The summed E-state index contributed by atoms with van der Waals surface area (Å²) in [5.41, 5.74) is 7.41. The monoisotopic (exact) mass is 347 g/mol. The van der Waals surface area contributed by atoms with E-state index in [2.05, 4.69) is 55.7 Å². The molecule has 134 valence electrons. The number of likely N-dealkylation sites (tertiary alicyclic amines) is 1. The number of imidazole rings is 1. The Hall–Kier alpha value is -2.62. The van der Waals surface area contributed by atoms with Gasteiger partial charge >= 0.3 is 0 Å². The lowest BCUT2D eigenvalue weighted by Crippen LogP contribution is -2.19. The van der Waals surface area contributed by atoms with Gasteiger partial charge in [0.1, 0.15) is 5.82 Å². The fourth-order valence-electron chi connectivity index (χ4n) is 4.23. The van der Waals surface area contributed by atoms with Crippen molar-refractivity contribution < 1.29 is 4.79 Å². The van der Waals surface area contributed by atoms with Crippen molar-refractivity contribution in [3.63, 3.8) is 0 Å². The first kappa shape index (κ1) is 16.8. The Morgan fingerprint density at radius 1 is 1.12 bits per heavy atom. The van der Waals surface area contributed by atoms with Crippen molar-refractivity contribution in [1.82, 2.24) is 14.5 Å². The van der Waals surface area contributed by atoms with Crippen LogP contribution in [0.15, 0.2) is 36.4 Å². The Bertz CT molecular complexity index is 979. The van der Waals surface area contributed by atoms with E-state index in [1.54, 1.807) is 0 Å². The molecule has 0 radical (unpaired) electrons. The van der Waals surface area contributed by atoms with Crippen molar-refractivity contribution in [2.75, 3.05) is 13.6 Å². The van der Waals surface area contributed by atoms with Crippen LogP contribution in [0.3, 0.4) is 0 Å².